The number of likely N-dealkylation sites (tertiary alicyclic amines) is 1. The molecule has 3 fully saturated rings. The molecule has 32 heavy (non-hydrogen) atoms. The standard InChI is InChI=1S/C24H38N6O2/c1-20-7-3-6-12-30(20)24(32)19-28-15-13-27(14-16-28)18-23(31)26-21-8-9-22(25-17-21)29-10-4-2-5-11-29/h8-9,17,20H,2-7,10-16,18-19H2,1H3,(H,26,31). The number of carbonyl (C=O) groups is 2. The van der Waals surface area contributed by atoms with Gasteiger partial charge in [0.1, 0.15) is 5.82 Å². The lowest BCUT2D eigenvalue weighted by molar-refractivity contribution is -0.136. The monoisotopic (exact) mass is 442 g/mol. The molecule has 0 radical (unpaired) electrons. The lowest BCUT2D eigenvalue weighted by atomic mass is 10.0. The summed E-state index contributed by atoms with van der Waals surface area (Å²) in [6.07, 6.45) is 8.96. The first kappa shape index (κ1) is 23.0. The molecule has 8 nitrogen and oxygen atoms in total. The summed E-state index contributed by atoms with van der Waals surface area (Å²) >= 11 is 0. The number of hydrogen-bond acceptors (Lipinski definition) is 6. The Balaban J connectivity index is 1.17. The Morgan fingerprint density at radius 3 is 2.25 bits per heavy atom. The van der Waals surface area contributed by atoms with Crippen LogP contribution in [0.1, 0.15) is 45.4 Å². The van der Waals surface area contributed by atoms with Crippen molar-refractivity contribution in [1.82, 2.24) is 19.7 Å². The molecule has 1 atom stereocenters. The lowest BCUT2D eigenvalue weighted by Crippen LogP contribution is -2.53. The van der Waals surface area contributed by atoms with Crippen molar-refractivity contribution >= 4 is 23.3 Å². The van der Waals surface area contributed by atoms with Crippen LogP contribution in [0.2, 0.25) is 0 Å². The number of rotatable bonds is 6. The quantitative estimate of drug-likeness (QED) is 0.727. The second-order valence-corrected chi connectivity index (χ2v) is 9.49. The van der Waals surface area contributed by atoms with Crippen LogP contribution in [-0.2, 0) is 9.59 Å². The number of amides is 2. The minimum atomic E-state index is -0.0100. The van der Waals surface area contributed by atoms with Crippen molar-refractivity contribution in [1.29, 1.82) is 0 Å². The molecule has 8 heteroatoms. The van der Waals surface area contributed by atoms with Crippen molar-refractivity contribution in [2.45, 2.75) is 51.5 Å². The second kappa shape index (κ2) is 11.1. The Labute approximate surface area is 191 Å². The smallest absolute Gasteiger partial charge is 0.238 e. The number of anilines is 2. The van der Waals surface area contributed by atoms with E-state index in [0.29, 0.717) is 19.1 Å². The van der Waals surface area contributed by atoms with Crippen LogP contribution in [0.4, 0.5) is 11.5 Å². The molecule has 0 saturated carbocycles. The van der Waals surface area contributed by atoms with Gasteiger partial charge in [-0.3, -0.25) is 19.4 Å². The number of aromatic nitrogens is 1. The van der Waals surface area contributed by atoms with E-state index in [-0.39, 0.29) is 11.8 Å². The maximum Gasteiger partial charge on any atom is 0.238 e. The van der Waals surface area contributed by atoms with Gasteiger partial charge in [0.2, 0.25) is 11.8 Å². The van der Waals surface area contributed by atoms with E-state index in [1.165, 1.54) is 25.7 Å². The third-order valence-corrected chi connectivity index (χ3v) is 7.03. The zero-order chi connectivity index (χ0) is 22.3. The Bertz CT molecular complexity index is 756. The number of hydrogen-bond donors (Lipinski definition) is 1. The molecule has 3 saturated heterocycles. The van der Waals surface area contributed by atoms with Gasteiger partial charge in [-0.05, 0) is 57.6 Å². The molecule has 176 valence electrons. The third-order valence-electron chi connectivity index (χ3n) is 7.03. The lowest BCUT2D eigenvalue weighted by Gasteiger charge is -2.37. The summed E-state index contributed by atoms with van der Waals surface area (Å²) in [5.74, 6) is 1.24. The predicted octanol–water partition coefficient (Wildman–Crippen LogP) is 2.03. The molecule has 1 aromatic heterocycles. The summed E-state index contributed by atoms with van der Waals surface area (Å²) < 4.78 is 0. The summed E-state index contributed by atoms with van der Waals surface area (Å²) in [5.41, 5.74) is 0.746. The zero-order valence-electron chi connectivity index (χ0n) is 19.5. The van der Waals surface area contributed by atoms with Crippen molar-refractivity contribution < 1.29 is 9.59 Å². The molecule has 1 unspecified atom stereocenters. The number of nitrogens with one attached hydrogen (secondary N) is 1. The van der Waals surface area contributed by atoms with Crippen LogP contribution in [0.5, 0.6) is 0 Å². The first-order valence-electron chi connectivity index (χ1n) is 12.3. The van der Waals surface area contributed by atoms with Crippen LogP contribution in [0.15, 0.2) is 18.3 Å². The van der Waals surface area contributed by atoms with Crippen LogP contribution in [-0.4, -0.2) is 96.4 Å². The minimum absolute atomic E-state index is 0.0100. The zero-order valence-corrected chi connectivity index (χ0v) is 19.5. The van der Waals surface area contributed by atoms with Crippen LogP contribution < -0.4 is 10.2 Å². The molecule has 1 N–H and O–H groups in total. The van der Waals surface area contributed by atoms with Crippen molar-refractivity contribution in [3.8, 4) is 0 Å². The molecular weight excluding hydrogens is 404 g/mol. The fraction of sp³-hybridized carbons (Fsp3) is 0.708. The molecule has 2 amide bonds. The van der Waals surface area contributed by atoms with Gasteiger partial charge in [0.05, 0.1) is 25.0 Å². The van der Waals surface area contributed by atoms with Gasteiger partial charge in [0.15, 0.2) is 0 Å². The largest absolute Gasteiger partial charge is 0.357 e. The predicted molar refractivity (Wildman–Crippen MR) is 127 cm³/mol. The van der Waals surface area contributed by atoms with Crippen molar-refractivity contribution in [2.24, 2.45) is 0 Å². The van der Waals surface area contributed by atoms with E-state index >= 15 is 0 Å². The highest BCUT2D eigenvalue weighted by atomic mass is 16.2. The topological polar surface area (TPSA) is 72.0 Å². The van der Waals surface area contributed by atoms with E-state index < -0.39 is 0 Å². The van der Waals surface area contributed by atoms with Crippen LogP contribution >= 0.6 is 0 Å². The summed E-state index contributed by atoms with van der Waals surface area (Å²) in [7, 11) is 0. The summed E-state index contributed by atoms with van der Waals surface area (Å²) in [5, 5.41) is 2.97. The molecule has 4 rings (SSSR count). The van der Waals surface area contributed by atoms with Crippen molar-refractivity contribution in [3.05, 3.63) is 18.3 Å². The molecule has 0 aromatic carbocycles. The average molecular weight is 443 g/mol. The number of nitrogens with zero attached hydrogens (tertiary/aromatic N) is 5. The van der Waals surface area contributed by atoms with Crippen LogP contribution in [0.25, 0.3) is 0 Å². The summed E-state index contributed by atoms with van der Waals surface area (Å²) in [6, 6.07) is 4.31. The van der Waals surface area contributed by atoms with E-state index in [2.05, 4.69) is 31.9 Å². The number of piperidine rings is 2. The number of pyridine rings is 1. The van der Waals surface area contributed by atoms with Gasteiger partial charge in [0, 0.05) is 51.9 Å². The minimum Gasteiger partial charge on any atom is -0.357 e. The molecule has 4 heterocycles. The fourth-order valence-corrected chi connectivity index (χ4v) is 5.03. The van der Waals surface area contributed by atoms with Gasteiger partial charge in [-0.1, -0.05) is 0 Å². The fourth-order valence-electron chi connectivity index (χ4n) is 5.03. The maximum atomic E-state index is 12.7. The Hall–Kier alpha value is -2.19. The van der Waals surface area contributed by atoms with Gasteiger partial charge in [-0.15, -0.1) is 0 Å². The van der Waals surface area contributed by atoms with Gasteiger partial charge in [0.25, 0.3) is 0 Å². The van der Waals surface area contributed by atoms with Crippen molar-refractivity contribution in [3.63, 3.8) is 0 Å². The first-order valence-corrected chi connectivity index (χ1v) is 12.3. The van der Waals surface area contributed by atoms with Crippen LogP contribution in [0.3, 0.4) is 0 Å². The molecule has 3 aliphatic rings. The van der Waals surface area contributed by atoms with Gasteiger partial charge in [-0.25, -0.2) is 4.98 Å². The highest BCUT2D eigenvalue weighted by Crippen LogP contribution is 2.19. The van der Waals surface area contributed by atoms with E-state index in [1.54, 1.807) is 6.20 Å². The highest BCUT2D eigenvalue weighted by molar-refractivity contribution is 5.92. The highest BCUT2D eigenvalue weighted by Gasteiger charge is 2.26. The van der Waals surface area contributed by atoms with E-state index in [0.717, 1.165) is 70.2 Å². The number of carbonyl (C=O) groups excluding carboxylic acids is 2. The van der Waals surface area contributed by atoms with E-state index in [9.17, 15) is 9.59 Å². The molecule has 3 aliphatic heterocycles. The molecule has 1 aromatic rings. The van der Waals surface area contributed by atoms with Crippen LogP contribution in [0, 0.1) is 0 Å². The van der Waals surface area contributed by atoms with Gasteiger partial charge < -0.3 is 15.1 Å². The van der Waals surface area contributed by atoms with Gasteiger partial charge in [-0.2, -0.15) is 0 Å². The molecule has 0 bridgehead atoms. The molecular formula is C24H38N6O2. The Kier molecular flexibility index (Phi) is 7.97. The SMILES string of the molecule is CC1CCCCN1C(=O)CN1CCN(CC(=O)Nc2ccc(N3CCCCC3)nc2)CC1. The molecule has 0 aliphatic carbocycles. The van der Waals surface area contributed by atoms with Crippen molar-refractivity contribution in [2.75, 3.05) is 69.1 Å². The Morgan fingerprint density at radius 2 is 1.59 bits per heavy atom. The van der Waals surface area contributed by atoms with E-state index in [4.69, 9.17) is 0 Å². The second-order valence-electron chi connectivity index (χ2n) is 9.49. The van der Waals surface area contributed by atoms with Gasteiger partial charge >= 0.3 is 0 Å². The maximum absolute atomic E-state index is 12.7. The first-order chi connectivity index (χ1) is 15.6. The summed E-state index contributed by atoms with van der Waals surface area (Å²) in [4.78, 5) is 38.5. The Morgan fingerprint density at radius 1 is 0.906 bits per heavy atom. The van der Waals surface area contributed by atoms with E-state index in [1.807, 2.05) is 17.0 Å². The average Bonchev–Trinajstić information content (AvgIpc) is 2.81. The third kappa shape index (κ3) is 6.19. The normalized spacial score (nSPS) is 23.2. The molecule has 0 spiro atoms. The number of piperazine rings is 1. The summed E-state index contributed by atoms with van der Waals surface area (Å²) in [6.45, 7) is 9.32.